The number of amides is 1. The molecule has 0 radical (unpaired) electrons. The van der Waals surface area contributed by atoms with Crippen molar-refractivity contribution in [3.63, 3.8) is 0 Å². The van der Waals surface area contributed by atoms with Gasteiger partial charge in [0.05, 0.1) is 18.9 Å². The lowest BCUT2D eigenvalue weighted by atomic mass is 10.1. The SMILES string of the molecule is Cc1cc(C)n(CCCC(=O)N2CCOCC(CO)C2)n1. The molecule has 0 saturated carbocycles. The molecular formula is C15H25N3O3. The molecule has 6 heteroatoms. The monoisotopic (exact) mass is 295 g/mol. The van der Waals surface area contributed by atoms with Gasteiger partial charge in [0.1, 0.15) is 0 Å². The van der Waals surface area contributed by atoms with E-state index in [2.05, 4.69) is 5.10 Å². The summed E-state index contributed by atoms with van der Waals surface area (Å²) in [6.45, 7) is 7.13. The van der Waals surface area contributed by atoms with Crippen LogP contribution in [0.3, 0.4) is 0 Å². The molecule has 1 amide bonds. The molecule has 1 aromatic rings. The van der Waals surface area contributed by atoms with E-state index in [-0.39, 0.29) is 18.4 Å². The first-order valence-corrected chi connectivity index (χ1v) is 7.57. The highest BCUT2D eigenvalue weighted by Gasteiger charge is 2.21. The van der Waals surface area contributed by atoms with E-state index >= 15 is 0 Å². The fraction of sp³-hybridized carbons (Fsp3) is 0.733. The number of carbonyl (C=O) groups is 1. The van der Waals surface area contributed by atoms with Crippen LogP contribution in [0.4, 0.5) is 0 Å². The van der Waals surface area contributed by atoms with Crippen molar-refractivity contribution in [1.29, 1.82) is 0 Å². The molecule has 0 aromatic carbocycles. The summed E-state index contributed by atoms with van der Waals surface area (Å²) in [5, 5.41) is 13.6. The van der Waals surface area contributed by atoms with Crippen molar-refractivity contribution in [2.75, 3.05) is 32.9 Å². The third-order valence-electron chi connectivity index (χ3n) is 3.81. The van der Waals surface area contributed by atoms with Crippen LogP contribution < -0.4 is 0 Å². The smallest absolute Gasteiger partial charge is 0.222 e. The molecule has 1 fully saturated rings. The van der Waals surface area contributed by atoms with Gasteiger partial charge < -0.3 is 14.7 Å². The van der Waals surface area contributed by atoms with Gasteiger partial charge in [-0.1, -0.05) is 0 Å². The normalized spacial score (nSPS) is 19.6. The van der Waals surface area contributed by atoms with E-state index in [1.165, 1.54) is 0 Å². The van der Waals surface area contributed by atoms with Gasteiger partial charge in [0.25, 0.3) is 0 Å². The molecule has 2 rings (SSSR count). The Morgan fingerprint density at radius 1 is 1.52 bits per heavy atom. The van der Waals surface area contributed by atoms with Crippen LogP contribution >= 0.6 is 0 Å². The van der Waals surface area contributed by atoms with Gasteiger partial charge in [0.15, 0.2) is 0 Å². The number of ether oxygens (including phenoxy) is 1. The molecule has 1 N–H and O–H groups in total. The number of aliphatic hydroxyl groups excluding tert-OH is 1. The zero-order valence-corrected chi connectivity index (χ0v) is 12.9. The molecule has 1 aliphatic heterocycles. The minimum atomic E-state index is 0.0347. The third kappa shape index (κ3) is 4.54. The number of rotatable bonds is 5. The molecule has 1 saturated heterocycles. The lowest BCUT2D eigenvalue weighted by Crippen LogP contribution is -2.36. The van der Waals surface area contributed by atoms with Gasteiger partial charge in [0, 0.05) is 44.3 Å². The minimum absolute atomic E-state index is 0.0347. The van der Waals surface area contributed by atoms with Crippen molar-refractivity contribution < 1.29 is 14.6 Å². The van der Waals surface area contributed by atoms with Crippen molar-refractivity contribution in [2.24, 2.45) is 5.92 Å². The summed E-state index contributed by atoms with van der Waals surface area (Å²) < 4.78 is 7.35. The van der Waals surface area contributed by atoms with Crippen LogP contribution in [0.5, 0.6) is 0 Å². The van der Waals surface area contributed by atoms with Gasteiger partial charge in [-0.05, 0) is 26.3 Å². The molecular weight excluding hydrogens is 270 g/mol. The Bertz CT molecular complexity index is 473. The van der Waals surface area contributed by atoms with Gasteiger partial charge >= 0.3 is 0 Å². The average Bonchev–Trinajstić information content (AvgIpc) is 2.68. The summed E-state index contributed by atoms with van der Waals surface area (Å²) in [7, 11) is 0. The van der Waals surface area contributed by atoms with E-state index in [9.17, 15) is 9.90 Å². The molecule has 0 spiro atoms. The van der Waals surface area contributed by atoms with Crippen LogP contribution in [-0.2, 0) is 16.1 Å². The zero-order valence-electron chi connectivity index (χ0n) is 12.9. The van der Waals surface area contributed by atoms with Crippen molar-refractivity contribution in [2.45, 2.75) is 33.2 Å². The Morgan fingerprint density at radius 3 is 3.00 bits per heavy atom. The molecule has 1 atom stereocenters. The van der Waals surface area contributed by atoms with Crippen LogP contribution in [0.25, 0.3) is 0 Å². The number of carbonyl (C=O) groups excluding carboxylic acids is 1. The number of hydrogen-bond acceptors (Lipinski definition) is 4. The van der Waals surface area contributed by atoms with Crippen LogP contribution in [-0.4, -0.2) is 58.6 Å². The zero-order chi connectivity index (χ0) is 15.2. The van der Waals surface area contributed by atoms with Gasteiger partial charge in [-0.15, -0.1) is 0 Å². The van der Waals surface area contributed by atoms with Crippen molar-refractivity contribution in [3.05, 3.63) is 17.5 Å². The van der Waals surface area contributed by atoms with Gasteiger partial charge in [0.2, 0.25) is 5.91 Å². The first-order chi connectivity index (χ1) is 10.1. The Kier molecular flexibility index (Phi) is 5.76. The van der Waals surface area contributed by atoms with Gasteiger partial charge in [-0.2, -0.15) is 5.10 Å². The van der Waals surface area contributed by atoms with E-state index < -0.39 is 0 Å². The fourth-order valence-electron chi connectivity index (χ4n) is 2.66. The summed E-state index contributed by atoms with van der Waals surface area (Å²) in [5.74, 6) is 0.174. The van der Waals surface area contributed by atoms with Gasteiger partial charge in [-0.3, -0.25) is 9.48 Å². The maximum Gasteiger partial charge on any atom is 0.222 e. The summed E-state index contributed by atoms with van der Waals surface area (Å²) in [4.78, 5) is 14.1. The number of aryl methyl sites for hydroxylation is 3. The highest BCUT2D eigenvalue weighted by atomic mass is 16.5. The summed E-state index contributed by atoms with van der Waals surface area (Å²) in [6, 6.07) is 2.04. The third-order valence-corrected chi connectivity index (χ3v) is 3.81. The highest BCUT2D eigenvalue weighted by molar-refractivity contribution is 5.76. The second kappa shape index (κ2) is 7.56. The Labute approximate surface area is 125 Å². The van der Waals surface area contributed by atoms with Crippen molar-refractivity contribution in [1.82, 2.24) is 14.7 Å². The first-order valence-electron chi connectivity index (χ1n) is 7.57. The maximum absolute atomic E-state index is 12.3. The number of hydrogen-bond donors (Lipinski definition) is 1. The molecule has 6 nitrogen and oxygen atoms in total. The van der Waals surface area contributed by atoms with Crippen LogP contribution in [0.2, 0.25) is 0 Å². The fourth-order valence-corrected chi connectivity index (χ4v) is 2.66. The number of aliphatic hydroxyl groups is 1. The lowest BCUT2D eigenvalue weighted by Gasteiger charge is -2.22. The second-order valence-corrected chi connectivity index (χ2v) is 5.72. The molecule has 1 unspecified atom stereocenters. The molecule has 1 aliphatic rings. The topological polar surface area (TPSA) is 67.6 Å². The molecule has 118 valence electrons. The number of aromatic nitrogens is 2. The summed E-state index contributed by atoms with van der Waals surface area (Å²) in [5.41, 5.74) is 2.14. The van der Waals surface area contributed by atoms with Crippen LogP contribution in [0, 0.1) is 19.8 Å². The Morgan fingerprint density at radius 2 is 2.33 bits per heavy atom. The van der Waals surface area contributed by atoms with E-state index in [0.29, 0.717) is 32.7 Å². The summed E-state index contributed by atoms with van der Waals surface area (Å²) >= 11 is 0. The predicted octanol–water partition coefficient (Wildman–Crippen LogP) is 0.747. The molecule has 2 heterocycles. The van der Waals surface area contributed by atoms with Crippen molar-refractivity contribution in [3.8, 4) is 0 Å². The van der Waals surface area contributed by atoms with Crippen molar-refractivity contribution >= 4 is 5.91 Å². The summed E-state index contributed by atoms with van der Waals surface area (Å²) in [6.07, 6.45) is 1.29. The molecule has 21 heavy (non-hydrogen) atoms. The highest BCUT2D eigenvalue weighted by Crippen LogP contribution is 2.10. The first kappa shape index (κ1) is 16.0. The van der Waals surface area contributed by atoms with E-state index in [4.69, 9.17) is 4.74 Å². The van der Waals surface area contributed by atoms with Crippen LogP contribution in [0.15, 0.2) is 6.07 Å². The second-order valence-electron chi connectivity index (χ2n) is 5.72. The lowest BCUT2D eigenvalue weighted by molar-refractivity contribution is -0.131. The largest absolute Gasteiger partial charge is 0.396 e. The molecule has 0 bridgehead atoms. The number of nitrogens with zero attached hydrogens (tertiary/aromatic N) is 3. The Hall–Kier alpha value is -1.40. The predicted molar refractivity (Wildman–Crippen MR) is 78.9 cm³/mol. The molecule has 1 aromatic heterocycles. The van der Waals surface area contributed by atoms with E-state index in [1.54, 1.807) is 0 Å². The Balaban J connectivity index is 1.79. The van der Waals surface area contributed by atoms with Gasteiger partial charge in [-0.25, -0.2) is 0 Å². The average molecular weight is 295 g/mol. The quantitative estimate of drug-likeness (QED) is 0.870. The van der Waals surface area contributed by atoms with Crippen LogP contribution in [0.1, 0.15) is 24.2 Å². The standard InChI is InChI=1S/C15H25N3O3/c1-12-8-13(2)18(16-12)5-3-4-15(20)17-6-7-21-11-14(9-17)10-19/h8,14,19H,3-7,9-11H2,1-2H3. The van der Waals surface area contributed by atoms with E-state index in [1.807, 2.05) is 29.5 Å². The molecule has 0 aliphatic carbocycles. The van der Waals surface area contributed by atoms with E-state index in [0.717, 1.165) is 24.4 Å². The minimum Gasteiger partial charge on any atom is -0.396 e. The maximum atomic E-state index is 12.3.